The molecule has 3 heterocycles. The number of para-hydroxylation sites is 2. The number of anilines is 3. The fourth-order valence-electron chi connectivity index (χ4n) is 3.53. The number of ether oxygens (including phenoxy) is 1. The number of benzene rings is 1. The van der Waals surface area contributed by atoms with Crippen molar-refractivity contribution < 1.29 is 4.74 Å². The van der Waals surface area contributed by atoms with Crippen LogP contribution in [0, 0.1) is 0 Å². The van der Waals surface area contributed by atoms with Crippen molar-refractivity contribution in [2.24, 2.45) is 0 Å². The molecule has 1 saturated heterocycles. The topological polar surface area (TPSA) is 44.7 Å². The highest BCUT2D eigenvalue weighted by Gasteiger charge is 2.20. The average Bonchev–Trinajstić information content (AvgIpc) is 3.46. The standard InChI is InChI=1S/C20H25N5OS2/c1-26-18-6-3-2-5-17(18)24-13-11-23(12-14-24)9-4-10-25(19-21-7-15-27-19)20-22-8-16-28-20/h2-3,5-8,15-16H,4,9-14H2,1H3. The second-order valence-electron chi connectivity index (χ2n) is 6.64. The van der Waals surface area contributed by atoms with Gasteiger partial charge in [0.05, 0.1) is 12.8 Å². The lowest BCUT2D eigenvalue weighted by molar-refractivity contribution is 0.255. The van der Waals surface area contributed by atoms with Gasteiger partial charge in [0, 0.05) is 55.9 Å². The Balaban J connectivity index is 1.28. The second-order valence-corrected chi connectivity index (χ2v) is 8.38. The summed E-state index contributed by atoms with van der Waals surface area (Å²) in [6, 6.07) is 8.28. The minimum atomic E-state index is 0.938. The number of piperazine rings is 1. The van der Waals surface area contributed by atoms with E-state index in [1.807, 2.05) is 35.3 Å². The van der Waals surface area contributed by atoms with Crippen LogP contribution in [0.5, 0.6) is 5.75 Å². The number of hydrogen-bond donors (Lipinski definition) is 0. The first-order valence-electron chi connectivity index (χ1n) is 9.52. The maximum absolute atomic E-state index is 5.52. The number of rotatable bonds is 8. The molecular formula is C20H25N5OS2. The Morgan fingerprint density at radius 1 is 1.00 bits per heavy atom. The van der Waals surface area contributed by atoms with E-state index in [1.54, 1.807) is 29.8 Å². The van der Waals surface area contributed by atoms with E-state index in [4.69, 9.17) is 4.74 Å². The van der Waals surface area contributed by atoms with Crippen molar-refractivity contribution in [1.82, 2.24) is 14.9 Å². The maximum atomic E-state index is 5.52. The molecule has 1 aliphatic rings. The maximum Gasteiger partial charge on any atom is 0.191 e. The normalized spacial score (nSPS) is 15.0. The van der Waals surface area contributed by atoms with Crippen molar-refractivity contribution in [2.75, 3.05) is 56.2 Å². The summed E-state index contributed by atoms with van der Waals surface area (Å²) in [5, 5.41) is 6.09. The quantitative estimate of drug-likeness (QED) is 0.555. The molecule has 4 rings (SSSR count). The first-order chi connectivity index (χ1) is 13.8. The van der Waals surface area contributed by atoms with Crippen LogP contribution in [0.15, 0.2) is 47.4 Å². The molecule has 0 aliphatic carbocycles. The van der Waals surface area contributed by atoms with Crippen molar-refractivity contribution >= 4 is 38.6 Å². The van der Waals surface area contributed by atoms with Crippen LogP contribution in [0.2, 0.25) is 0 Å². The smallest absolute Gasteiger partial charge is 0.191 e. The summed E-state index contributed by atoms with van der Waals surface area (Å²) in [4.78, 5) is 16.2. The van der Waals surface area contributed by atoms with Crippen molar-refractivity contribution in [3.63, 3.8) is 0 Å². The summed E-state index contributed by atoms with van der Waals surface area (Å²) in [6.07, 6.45) is 4.81. The molecule has 0 saturated carbocycles. The van der Waals surface area contributed by atoms with E-state index in [9.17, 15) is 0 Å². The van der Waals surface area contributed by atoms with Crippen LogP contribution in [0.3, 0.4) is 0 Å². The van der Waals surface area contributed by atoms with Crippen LogP contribution in [-0.2, 0) is 0 Å². The van der Waals surface area contributed by atoms with Crippen LogP contribution < -0.4 is 14.5 Å². The molecule has 1 fully saturated rings. The highest BCUT2D eigenvalue weighted by molar-refractivity contribution is 7.15. The van der Waals surface area contributed by atoms with E-state index in [-0.39, 0.29) is 0 Å². The first kappa shape index (κ1) is 19.2. The molecule has 0 bridgehead atoms. The molecule has 0 amide bonds. The molecule has 0 atom stereocenters. The van der Waals surface area contributed by atoms with Gasteiger partial charge in [-0.05, 0) is 25.1 Å². The fourth-order valence-corrected chi connectivity index (χ4v) is 4.93. The van der Waals surface area contributed by atoms with Crippen molar-refractivity contribution in [3.05, 3.63) is 47.4 Å². The summed E-state index contributed by atoms with van der Waals surface area (Å²) >= 11 is 3.33. The van der Waals surface area contributed by atoms with Crippen LogP contribution >= 0.6 is 22.7 Å². The van der Waals surface area contributed by atoms with Gasteiger partial charge in [0.2, 0.25) is 0 Å². The van der Waals surface area contributed by atoms with Crippen LogP contribution in [-0.4, -0.2) is 61.2 Å². The number of aromatic nitrogens is 2. The molecular weight excluding hydrogens is 390 g/mol. The zero-order chi connectivity index (χ0) is 19.2. The third-order valence-corrected chi connectivity index (χ3v) is 6.54. The SMILES string of the molecule is COc1ccccc1N1CCN(CCCN(c2nccs2)c2nccs2)CC1. The predicted octanol–water partition coefficient (Wildman–Crippen LogP) is 3.96. The van der Waals surface area contributed by atoms with Gasteiger partial charge in [-0.25, -0.2) is 9.97 Å². The molecule has 0 N–H and O–H groups in total. The third-order valence-electron chi connectivity index (χ3n) is 4.95. The average molecular weight is 416 g/mol. The van der Waals surface area contributed by atoms with Gasteiger partial charge in [-0.1, -0.05) is 12.1 Å². The molecule has 28 heavy (non-hydrogen) atoms. The van der Waals surface area contributed by atoms with Gasteiger partial charge < -0.3 is 9.64 Å². The molecule has 8 heteroatoms. The highest BCUT2D eigenvalue weighted by Crippen LogP contribution is 2.30. The van der Waals surface area contributed by atoms with Crippen molar-refractivity contribution in [1.29, 1.82) is 0 Å². The molecule has 1 aliphatic heterocycles. The third kappa shape index (κ3) is 4.45. The van der Waals surface area contributed by atoms with E-state index in [1.165, 1.54) is 5.69 Å². The summed E-state index contributed by atoms with van der Waals surface area (Å²) in [6.45, 7) is 6.24. The van der Waals surface area contributed by atoms with Gasteiger partial charge in [0.1, 0.15) is 5.75 Å². The second kappa shape index (κ2) is 9.36. The van der Waals surface area contributed by atoms with Gasteiger partial charge in [0.15, 0.2) is 10.3 Å². The van der Waals surface area contributed by atoms with Gasteiger partial charge in [-0.15, -0.1) is 22.7 Å². The van der Waals surface area contributed by atoms with E-state index in [2.05, 4.69) is 36.8 Å². The Hall–Kier alpha value is -2.16. The van der Waals surface area contributed by atoms with Gasteiger partial charge in [-0.2, -0.15) is 0 Å². The summed E-state index contributed by atoms with van der Waals surface area (Å²) in [7, 11) is 1.74. The van der Waals surface area contributed by atoms with Crippen LogP contribution in [0.25, 0.3) is 0 Å². The van der Waals surface area contributed by atoms with Gasteiger partial charge >= 0.3 is 0 Å². The number of nitrogens with zero attached hydrogens (tertiary/aromatic N) is 5. The Morgan fingerprint density at radius 2 is 1.68 bits per heavy atom. The Bertz CT molecular complexity index is 798. The monoisotopic (exact) mass is 415 g/mol. The molecule has 1 aromatic carbocycles. The van der Waals surface area contributed by atoms with Crippen LogP contribution in [0.4, 0.5) is 16.0 Å². The molecule has 2 aromatic heterocycles. The molecule has 0 spiro atoms. The van der Waals surface area contributed by atoms with Crippen molar-refractivity contribution in [2.45, 2.75) is 6.42 Å². The number of hydrogen-bond acceptors (Lipinski definition) is 8. The van der Waals surface area contributed by atoms with Gasteiger partial charge in [0.25, 0.3) is 0 Å². The zero-order valence-electron chi connectivity index (χ0n) is 16.0. The number of thiazole rings is 2. The first-order valence-corrected chi connectivity index (χ1v) is 11.3. The zero-order valence-corrected chi connectivity index (χ0v) is 17.7. The van der Waals surface area contributed by atoms with Crippen LogP contribution in [0.1, 0.15) is 6.42 Å². The molecule has 3 aromatic rings. The van der Waals surface area contributed by atoms with E-state index < -0.39 is 0 Å². The largest absolute Gasteiger partial charge is 0.495 e. The number of methoxy groups -OCH3 is 1. The van der Waals surface area contributed by atoms with Crippen molar-refractivity contribution in [3.8, 4) is 5.75 Å². The van der Waals surface area contributed by atoms with E-state index >= 15 is 0 Å². The molecule has 0 unspecified atom stereocenters. The minimum Gasteiger partial charge on any atom is -0.495 e. The highest BCUT2D eigenvalue weighted by atomic mass is 32.1. The fraction of sp³-hybridized carbons (Fsp3) is 0.400. The Morgan fingerprint density at radius 3 is 2.29 bits per heavy atom. The lowest BCUT2D eigenvalue weighted by atomic mass is 10.2. The molecule has 148 valence electrons. The van der Waals surface area contributed by atoms with E-state index in [0.29, 0.717) is 0 Å². The van der Waals surface area contributed by atoms with E-state index in [0.717, 1.165) is 61.7 Å². The Kier molecular flexibility index (Phi) is 6.41. The Labute approximate surface area is 174 Å². The van der Waals surface area contributed by atoms with Gasteiger partial charge in [-0.3, -0.25) is 9.80 Å². The minimum absolute atomic E-state index is 0.938. The molecule has 0 radical (unpaired) electrons. The lowest BCUT2D eigenvalue weighted by Crippen LogP contribution is -2.47. The summed E-state index contributed by atoms with van der Waals surface area (Å²) in [5.41, 5.74) is 1.20. The summed E-state index contributed by atoms with van der Waals surface area (Å²) in [5.74, 6) is 0.957. The summed E-state index contributed by atoms with van der Waals surface area (Å²) < 4.78 is 5.52. The molecule has 6 nitrogen and oxygen atoms in total. The predicted molar refractivity (Wildman–Crippen MR) is 117 cm³/mol. The lowest BCUT2D eigenvalue weighted by Gasteiger charge is -2.36.